The number of halogens is 3. The van der Waals surface area contributed by atoms with Crippen molar-refractivity contribution in [3.8, 4) is 10.6 Å². The van der Waals surface area contributed by atoms with E-state index in [0.717, 1.165) is 9.78 Å². The highest BCUT2D eigenvalue weighted by molar-refractivity contribution is 7.13. The van der Waals surface area contributed by atoms with Crippen LogP contribution in [0.25, 0.3) is 21.5 Å². The molecule has 0 saturated carbocycles. The molecule has 130 valence electrons. The van der Waals surface area contributed by atoms with Crippen molar-refractivity contribution in [2.45, 2.75) is 13.1 Å². The van der Waals surface area contributed by atoms with E-state index in [1.165, 1.54) is 18.3 Å². The van der Waals surface area contributed by atoms with E-state index in [2.05, 4.69) is 4.98 Å². The number of para-hydroxylation sites is 1. The molecule has 0 aliphatic carbocycles. The van der Waals surface area contributed by atoms with Gasteiger partial charge in [-0.15, -0.1) is 11.3 Å². The van der Waals surface area contributed by atoms with Gasteiger partial charge < -0.3 is 4.90 Å². The number of benzene rings is 1. The van der Waals surface area contributed by atoms with E-state index >= 15 is 0 Å². The number of alkyl halides is 3. The molecular weight excluding hydrogens is 349 g/mol. The first kappa shape index (κ1) is 17.4. The SMILES string of the molecule is CCN(CC(F)(F)F)C(=O)c1cc(-c2cccs2)nc2ccccc12. The van der Waals surface area contributed by atoms with Gasteiger partial charge in [0.2, 0.25) is 0 Å². The number of nitrogens with zero attached hydrogens (tertiary/aromatic N) is 2. The van der Waals surface area contributed by atoms with Crippen molar-refractivity contribution in [1.82, 2.24) is 9.88 Å². The molecule has 0 radical (unpaired) electrons. The third-order valence-corrected chi connectivity index (χ3v) is 4.65. The summed E-state index contributed by atoms with van der Waals surface area (Å²) >= 11 is 1.46. The number of fused-ring (bicyclic) bond motifs is 1. The van der Waals surface area contributed by atoms with Gasteiger partial charge in [-0.3, -0.25) is 4.79 Å². The lowest BCUT2D eigenvalue weighted by molar-refractivity contribution is -0.140. The lowest BCUT2D eigenvalue weighted by atomic mass is 10.1. The summed E-state index contributed by atoms with van der Waals surface area (Å²) in [5.41, 5.74) is 1.40. The van der Waals surface area contributed by atoms with Gasteiger partial charge in [0.25, 0.3) is 5.91 Å². The molecule has 3 aromatic rings. The summed E-state index contributed by atoms with van der Waals surface area (Å²) in [6.45, 7) is 0.240. The number of thiophene rings is 1. The fourth-order valence-electron chi connectivity index (χ4n) is 2.62. The van der Waals surface area contributed by atoms with Crippen LogP contribution in [0.2, 0.25) is 0 Å². The van der Waals surface area contributed by atoms with Crippen molar-refractivity contribution in [2.24, 2.45) is 0 Å². The maximum atomic E-state index is 12.8. The molecule has 0 aliphatic rings. The number of aromatic nitrogens is 1. The summed E-state index contributed by atoms with van der Waals surface area (Å²) in [6.07, 6.45) is -4.44. The molecule has 2 aromatic heterocycles. The van der Waals surface area contributed by atoms with Crippen molar-refractivity contribution in [2.75, 3.05) is 13.1 Å². The van der Waals surface area contributed by atoms with Crippen LogP contribution in [0.15, 0.2) is 47.8 Å². The Morgan fingerprint density at radius 2 is 1.96 bits per heavy atom. The molecule has 1 amide bonds. The molecule has 0 bridgehead atoms. The third-order valence-electron chi connectivity index (χ3n) is 3.76. The minimum Gasteiger partial charge on any atom is -0.330 e. The molecule has 0 spiro atoms. The van der Waals surface area contributed by atoms with E-state index in [0.29, 0.717) is 16.6 Å². The maximum absolute atomic E-state index is 12.8. The lowest BCUT2D eigenvalue weighted by Gasteiger charge is -2.23. The van der Waals surface area contributed by atoms with Gasteiger partial charge in [0.05, 0.1) is 21.7 Å². The van der Waals surface area contributed by atoms with Crippen LogP contribution in [-0.2, 0) is 0 Å². The zero-order valence-corrected chi connectivity index (χ0v) is 14.2. The highest BCUT2D eigenvalue weighted by atomic mass is 32.1. The van der Waals surface area contributed by atoms with Crippen LogP contribution in [0, 0.1) is 0 Å². The van der Waals surface area contributed by atoms with Gasteiger partial charge in [-0.2, -0.15) is 13.2 Å². The number of carbonyl (C=O) groups is 1. The van der Waals surface area contributed by atoms with Crippen LogP contribution in [0.4, 0.5) is 13.2 Å². The molecule has 3 rings (SSSR count). The van der Waals surface area contributed by atoms with Crippen LogP contribution < -0.4 is 0 Å². The molecule has 0 N–H and O–H groups in total. The first-order valence-corrected chi connectivity index (χ1v) is 8.56. The van der Waals surface area contributed by atoms with E-state index < -0.39 is 18.6 Å². The van der Waals surface area contributed by atoms with Crippen molar-refractivity contribution in [3.05, 3.63) is 53.4 Å². The summed E-state index contributed by atoms with van der Waals surface area (Å²) in [5.74, 6) is -0.642. The molecule has 25 heavy (non-hydrogen) atoms. The number of pyridine rings is 1. The summed E-state index contributed by atoms with van der Waals surface area (Å²) in [7, 11) is 0. The van der Waals surface area contributed by atoms with Gasteiger partial charge >= 0.3 is 6.18 Å². The fourth-order valence-corrected chi connectivity index (χ4v) is 3.30. The molecule has 0 aliphatic heterocycles. The van der Waals surface area contributed by atoms with Gasteiger partial charge in [-0.1, -0.05) is 24.3 Å². The third kappa shape index (κ3) is 3.82. The molecule has 0 saturated heterocycles. The van der Waals surface area contributed by atoms with E-state index in [4.69, 9.17) is 0 Å². The second-order valence-corrected chi connectivity index (χ2v) is 6.43. The predicted octanol–water partition coefficient (Wildman–Crippen LogP) is 4.99. The monoisotopic (exact) mass is 364 g/mol. The zero-order chi connectivity index (χ0) is 18.0. The van der Waals surface area contributed by atoms with E-state index in [9.17, 15) is 18.0 Å². The topological polar surface area (TPSA) is 33.2 Å². The summed E-state index contributed by atoms with van der Waals surface area (Å²) in [5, 5.41) is 2.43. The quantitative estimate of drug-likeness (QED) is 0.654. The summed E-state index contributed by atoms with van der Waals surface area (Å²) < 4.78 is 38.3. The molecule has 0 fully saturated rings. The standard InChI is InChI=1S/C18H15F3N2OS/c1-2-23(11-18(19,20)21)17(24)13-10-15(16-8-5-9-25-16)22-14-7-4-3-6-12(13)14/h3-10H,2,11H2,1H3. The van der Waals surface area contributed by atoms with Gasteiger partial charge in [0.15, 0.2) is 0 Å². The lowest BCUT2D eigenvalue weighted by Crippen LogP contribution is -2.38. The Labute approximate surface area is 146 Å². The Balaban J connectivity index is 2.12. The van der Waals surface area contributed by atoms with E-state index in [1.54, 1.807) is 30.3 Å². The second-order valence-electron chi connectivity index (χ2n) is 5.48. The minimum absolute atomic E-state index is 0.0245. The molecule has 0 atom stereocenters. The average molecular weight is 364 g/mol. The number of hydrogen-bond acceptors (Lipinski definition) is 3. The van der Waals surface area contributed by atoms with Crippen LogP contribution in [-0.4, -0.2) is 35.1 Å². The zero-order valence-electron chi connectivity index (χ0n) is 13.4. The maximum Gasteiger partial charge on any atom is 0.406 e. The molecule has 2 heterocycles. The van der Waals surface area contributed by atoms with Crippen molar-refractivity contribution in [3.63, 3.8) is 0 Å². The van der Waals surface area contributed by atoms with Crippen LogP contribution >= 0.6 is 11.3 Å². The second kappa shape index (κ2) is 6.84. The van der Waals surface area contributed by atoms with Crippen molar-refractivity contribution >= 4 is 28.1 Å². The molecule has 0 unspecified atom stereocenters. The molecule has 3 nitrogen and oxygen atoms in total. The van der Waals surface area contributed by atoms with Crippen molar-refractivity contribution in [1.29, 1.82) is 0 Å². The van der Waals surface area contributed by atoms with Gasteiger partial charge in [0, 0.05) is 11.9 Å². The highest BCUT2D eigenvalue weighted by Gasteiger charge is 2.33. The van der Waals surface area contributed by atoms with Crippen LogP contribution in [0.1, 0.15) is 17.3 Å². The minimum atomic E-state index is -4.44. The Bertz CT molecular complexity index is 891. The first-order chi connectivity index (χ1) is 11.9. The van der Waals surface area contributed by atoms with E-state index in [-0.39, 0.29) is 12.1 Å². The van der Waals surface area contributed by atoms with Gasteiger partial charge in [-0.05, 0) is 30.5 Å². The van der Waals surface area contributed by atoms with Gasteiger partial charge in [0.1, 0.15) is 6.54 Å². The van der Waals surface area contributed by atoms with Gasteiger partial charge in [-0.25, -0.2) is 4.98 Å². The van der Waals surface area contributed by atoms with Crippen LogP contribution in [0.3, 0.4) is 0 Å². The Morgan fingerprint density at radius 1 is 1.20 bits per heavy atom. The molecular formula is C18H15F3N2OS. The average Bonchev–Trinajstić information content (AvgIpc) is 3.12. The summed E-state index contributed by atoms with van der Waals surface area (Å²) in [4.78, 5) is 19.0. The predicted molar refractivity (Wildman–Crippen MR) is 92.7 cm³/mol. The van der Waals surface area contributed by atoms with Crippen LogP contribution in [0.5, 0.6) is 0 Å². The Morgan fingerprint density at radius 3 is 2.60 bits per heavy atom. The number of rotatable bonds is 4. The summed E-state index contributed by atoms with van der Waals surface area (Å²) in [6, 6.07) is 12.3. The fraction of sp³-hybridized carbons (Fsp3) is 0.222. The Hall–Kier alpha value is -2.41. The number of carbonyl (C=O) groups excluding carboxylic acids is 1. The molecule has 7 heteroatoms. The smallest absolute Gasteiger partial charge is 0.330 e. The largest absolute Gasteiger partial charge is 0.406 e. The molecule has 1 aromatic carbocycles. The Kier molecular flexibility index (Phi) is 4.76. The number of amides is 1. The highest BCUT2D eigenvalue weighted by Crippen LogP contribution is 2.29. The van der Waals surface area contributed by atoms with E-state index in [1.807, 2.05) is 17.5 Å². The number of hydrogen-bond donors (Lipinski definition) is 0. The van der Waals surface area contributed by atoms with Crippen molar-refractivity contribution < 1.29 is 18.0 Å². The normalized spacial score (nSPS) is 11.7. The first-order valence-electron chi connectivity index (χ1n) is 7.68.